The quantitative estimate of drug-likeness (QED) is 0.279. The van der Waals surface area contributed by atoms with Gasteiger partial charge in [-0.05, 0) is 0 Å². The second-order valence-corrected chi connectivity index (χ2v) is 0. The fourth-order valence-electron chi connectivity index (χ4n) is 0. The van der Waals surface area contributed by atoms with E-state index in [1.165, 1.54) is 0 Å². The Morgan fingerprint density at radius 3 is 0.400 bits per heavy atom. The SMILES string of the molecule is O.O.O.O.O.[Cu].[InH3].[InH3].[Zn].[Zn]. The first-order chi connectivity index (χ1) is 0. The normalized spacial score (nSPS) is 0. The molecule has 0 unspecified atom stereocenters. The van der Waals surface area contributed by atoms with Gasteiger partial charge in [-0.2, -0.15) is 0 Å². The first-order valence-electron chi connectivity index (χ1n) is 0. The molecule has 67 valence electrons. The Balaban J connectivity index is 0. The van der Waals surface area contributed by atoms with Gasteiger partial charge < -0.3 is 27.4 Å². The van der Waals surface area contributed by atoms with E-state index in [1.54, 1.807) is 0 Å². The van der Waals surface area contributed by atoms with Gasteiger partial charge in [-0.1, -0.05) is 0 Å². The summed E-state index contributed by atoms with van der Waals surface area (Å²) in [5, 5.41) is 0. The molecule has 0 spiro atoms. The molecule has 10 N–H and O–H groups in total. The molecule has 0 aliphatic rings. The Hall–Kier alpha value is 3.31. The molecule has 0 aromatic rings. The molecule has 5 nitrogen and oxygen atoms in total. The minimum Gasteiger partial charge on any atom is 0 e. The molecule has 10 heavy (non-hydrogen) atoms. The molecule has 10 heteroatoms. The van der Waals surface area contributed by atoms with Gasteiger partial charge in [-0.15, -0.1) is 0 Å². The average molecular weight is 520 g/mol. The predicted octanol–water partition coefficient (Wildman–Crippen LogP) is -6.50. The van der Waals surface area contributed by atoms with Gasteiger partial charge >= 0.3 is 51.7 Å². The number of hydrogen-bond acceptors (Lipinski definition) is 0. The largest absolute Gasteiger partial charge is 0 e. The molecular formula is H16CuIn2O5Zn2. The van der Waals surface area contributed by atoms with E-state index in [0.29, 0.717) is 0 Å². The Morgan fingerprint density at radius 2 is 0.400 bits per heavy atom. The van der Waals surface area contributed by atoms with Crippen molar-refractivity contribution in [3.8, 4) is 0 Å². The maximum absolute atomic E-state index is 0. The molecule has 0 atom stereocenters. The molecule has 0 saturated carbocycles. The second kappa shape index (κ2) is 144. The van der Waals surface area contributed by atoms with E-state index < -0.39 is 0 Å². The van der Waals surface area contributed by atoms with E-state index in [-0.39, 0.29) is 135 Å². The third kappa shape index (κ3) is 110. The maximum atomic E-state index is 0. The van der Waals surface area contributed by atoms with Gasteiger partial charge in [0.1, 0.15) is 0 Å². The second-order valence-electron chi connectivity index (χ2n) is 0. The van der Waals surface area contributed by atoms with E-state index in [1.807, 2.05) is 0 Å². The molecule has 0 heterocycles. The van der Waals surface area contributed by atoms with Crippen LogP contribution in [0.3, 0.4) is 0 Å². The Bertz CT molecular complexity index is 17.6. The van der Waals surface area contributed by atoms with Crippen LogP contribution in [0.2, 0.25) is 0 Å². The first kappa shape index (κ1) is 184. The van der Waals surface area contributed by atoms with E-state index in [0.717, 1.165) is 0 Å². The van der Waals surface area contributed by atoms with Crippen LogP contribution < -0.4 is 0 Å². The van der Waals surface area contributed by atoms with E-state index >= 15 is 0 Å². The maximum Gasteiger partial charge on any atom is 0 e. The van der Waals surface area contributed by atoms with Crippen LogP contribution in [-0.4, -0.2) is 79.1 Å². The molecule has 0 aromatic heterocycles. The van der Waals surface area contributed by atoms with Crippen LogP contribution in [0.15, 0.2) is 0 Å². The summed E-state index contributed by atoms with van der Waals surface area (Å²) in [4.78, 5) is 0. The van der Waals surface area contributed by atoms with Crippen LogP contribution in [0.4, 0.5) is 0 Å². The summed E-state index contributed by atoms with van der Waals surface area (Å²) in [5.41, 5.74) is 0. The molecule has 1 radical (unpaired) electrons. The third-order valence-electron chi connectivity index (χ3n) is 0. The molecule has 0 aromatic carbocycles. The van der Waals surface area contributed by atoms with Crippen LogP contribution in [0.1, 0.15) is 0 Å². The standard InChI is InChI=1S/Cu.2In.5H2O.2Zn.6H/h;;;5*1H2;;;;;;;;. The Labute approximate surface area is 133 Å². The van der Waals surface area contributed by atoms with Crippen molar-refractivity contribution in [3.05, 3.63) is 0 Å². The van der Waals surface area contributed by atoms with Crippen molar-refractivity contribution in [2.75, 3.05) is 0 Å². The minimum absolute atomic E-state index is 0. The zero-order chi connectivity index (χ0) is 0. The summed E-state index contributed by atoms with van der Waals surface area (Å²) in [6, 6.07) is 0. The average Bonchev–Trinajstić information content (AvgIpc) is 0. The van der Waals surface area contributed by atoms with Crippen molar-refractivity contribution in [2.24, 2.45) is 0 Å². The Morgan fingerprint density at radius 1 is 0.400 bits per heavy atom. The summed E-state index contributed by atoms with van der Waals surface area (Å²) >= 11 is 0. The topological polar surface area (TPSA) is 158 Å². The Kier molecular flexibility index (Phi) is 2650. The number of rotatable bonds is 0. The van der Waals surface area contributed by atoms with Gasteiger partial charge in [-0.3, -0.25) is 0 Å². The summed E-state index contributed by atoms with van der Waals surface area (Å²) in [7, 11) is 0. The van der Waals surface area contributed by atoms with E-state index in [2.05, 4.69) is 0 Å². The van der Waals surface area contributed by atoms with E-state index in [4.69, 9.17) is 0 Å². The predicted molar refractivity (Wildman–Crippen MR) is 37.9 cm³/mol. The summed E-state index contributed by atoms with van der Waals surface area (Å²) in [6.45, 7) is 0. The van der Waals surface area contributed by atoms with Crippen LogP contribution in [0.25, 0.3) is 0 Å². The fourth-order valence-corrected chi connectivity index (χ4v) is 0. The first-order valence-corrected chi connectivity index (χ1v) is 0. The van der Waals surface area contributed by atoms with Gasteiger partial charge in [0.25, 0.3) is 0 Å². The van der Waals surface area contributed by atoms with Gasteiger partial charge in [0, 0.05) is 56.0 Å². The van der Waals surface area contributed by atoms with Crippen molar-refractivity contribution >= 4 is 51.7 Å². The molecule has 0 bridgehead atoms. The van der Waals surface area contributed by atoms with Crippen LogP contribution in [-0.2, 0) is 56.0 Å². The fraction of sp³-hybridized carbons (Fsp3) is 0. The number of hydrogen-bond donors (Lipinski definition) is 0. The van der Waals surface area contributed by atoms with Crippen molar-refractivity contribution in [1.82, 2.24) is 0 Å². The molecule has 0 saturated heterocycles. The zero-order valence-electron chi connectivity index (χ0n) is 4.22. The molecule has 0 aliphatic heterocycles. The summed E-state index contributed by atoms with van der Waals surface area (Å²) < 4.78 is 0. The van der Waals surface area contributed by atoms with Crippen molar-refractivity contribution < 1.29 is 83.4 Å². The minimum atomic E-state index is 0. The molecular weight excluding hydrogens is 504 g/mol. The van der Waals surface area contributed by atoms with Crippen molar-refractivity contribution in [1.29, 1.82) is 0 Å². The van der Waals surface area contributed by atoms with Gasteiger partial charge in [0.15, 0.2) is 0 Å². The van der Waals surface area contributed by atoms with Gasteiger partial charge in [0.2, 0.25) is 0 Å². The molecule has 0 aliphatic carbocycles. The van der Waals surface area contributed by atoms with Crippen molar-refractivity contribution in [2.45, 2.75) is 0 Å². The van der Waals surface area contributed by atoms with Crippen LogP contribution in [0, 0.1) is 0 Å². The third-order valence-corrected chi connectivity index (χ3v) is 0. The van der Waals surface area contributed by atoms with Gasteiger partial charge in [-0.25, -0.2) is 0 Å². The smallest absolute Gasteiger partial charge is 0 e. The van der Waals surface area contributed by atoms with Crippen LogP contribution in [0.5, 0.6) is 0 Å². The molecule has 0 fully saturated rings. The zero-order valence-corrected chi connectivity index (χ0v) is 11.1. The molecule has 0 amide bonds. The molecule has 0 rings (SSSR count). The van der Waals surface area contributed by atoms with Crippen LogP contribution >= 0.6 is 0 Å². The summed E-state index contributed by atoms with van der Waals surface area (Å²) in [5.74, 6) is 0. The van der Waals surface area contributed by atoms with Crippen molar-refractivity contribution in [3.63, 3.8) is 0 Å². The van der Waals surface area contributed by atoms with E-state index in [9.17, 15) is 0 Å². The monoisotopic (exact) mass is 517 g/mol. The summed E-state index contributed by atoms with van der Waals surface area (Å²) in [6.07, 6.45) is 0. The van der Waals surface area contributed by atoms with Gasteiger partial charge in [0.05, 0.1) is 0 Å².